The van der Waals surface area contributed by atoms with Crippen LogP contribution >= 0.6 is 0 Å². The zero-order valence-corrected chi connectivity index (χ0v) is 19.4. The molecule has 0 N–H and O–H groups in total. The number of benzene rings is 4. The minimum absolute atomic E-state index is 1.15. The van der Waals surface area contributed by atoms with E-state index in [9.17, 15) is 0 Å². The van der Waals surface area contributed by atoms with Crippen molar-refractivity contribution in [1.29, 1.82) is 0 Å². The predicted molar refractivity (Wildman–Crippen MR) is 137 cm³/mol. The molecule has 158 valence electrons. The molecule has 0 aliphatic rings. The van der Waals surface area contributed by atoms with Crippen molar-refractivity contribution < 1.29 is 0 Å². The minimum atomic E-state index is 1.15. The van der Waals surface area contributed by atoms with Crippen LogP contribution in [0.3, 0.4) is 0 Å². The maximum atomic E-state index is 2.34. The van der Waals surface area contributed by atoms with Crippen LogP contribution in [0.5, 0.6) is 0 Å². The lowest BCUT2D eigenvalue weighted by molar-refractivity contribution is 1.11. The molecule has 0 amide bonds. The van der Waals surface area contributed by atoms with E-state index >= 15 is 0 Å². The van der Waals surface area contributed by atoms with Gasteiger partial charge in [-0.15, -0.1) is 0 Å². The van der Waals surface area contributed by atoms with Gasteiger partial charge in [-0.25, -0.2) is 0 Å². The summed E-state index contributed by atoms with van der Waals surface area (Å²) in [7, 11) is 0. The van der Waals surface area contributed by atoms with Crippen LogP contribution in [0.25, 0.3) is 27.5 Å². The molecule has 0 unspecified atom stereocenters. The van der Waals surface area contributed by atoms with Crippen LogP contribution in [0.2, 0.25) is 0 Å². The molecule has 0 radical (unpaired) electrons. The maximum Gasteiger partial charge on any atom is 0.0541 e. The summed E-state index contributed by atoms with van der Waals surface area (Å²) >= 11 is 0. The van der Waals surface area contributed by atoms with Gasteiger partial charge in [-0.3, -0.25) is 0 Å². The maximum absolute atomic E-state index is 2.34. The molecule has 5 aromatic rings. The van der Waals surface area contributed by atoms with Crippen LogP contribution in [-0.4, -0.2) is 4.57 Å². The first-order valence-corrected chi connectivity index (χ1v) is 11.3. The van der Waals surface area contributed by atoms with Crippen LogP contribution in [0.4, 0.5) is 0 Å². The SMILES string of the molecule is CC.CCc1ccccc1C.Cc1ccc(-n2c3ccccc3c3ccccc32)cc1. The summed E-state index contributed by atoms with van der Waals surface area (Å²) < 4.78 is 2.34. The monoisotopic (exact) mass is 407 g/mol. The van der Waals surface area contributed by atoms with Crippen LogP contribution < -0.4 is 0 Å². The van der Waals surface area contributed by atoms with E-state index in [1.165, 1.54) is 44.2 Å². The first-order valence-electron chi connectivity index (χ1n) is 11.3. The topological polar surface area (TPSA) is 4.93 Å². The lowest BCUT2D eigenvalue weighted by Crippen LogP contribution is -1.93. The summed E-state index contributed by atoms with van der Waals surface area (Å²) in [5.74, 6) is 0. The summed E-state index contributed by atoms with van der Waals surface area (Å²) in [6.45, 7) is 10.5. The van der Waals surface area contributed by atoms with E-state index < -0.39 is 0 Å². The Morgan fingerprint density at radius 3 is 1.55 bits per heavy atom. The number of hydrogen-bond donors (Lipinski definition) is 0. The first kappa shape index (κ1) is 22.4. The van der Waals surface area contributed by atoms with Gasteiger partial charge < -0.3 is 4.57 Å². The van der Waals surface area contributed by atoms with E-state index in [4.69, 9.17) is 0 Å². The van der Waals surface area contributed by atoms with Gasteiger partial charge in [0, 0.05) is 16.5 Å². The largest absolute Gasteiger partial charge is 0.309 e. The van der Waals surface area contributed by atoms with Gasteiger partial charge in [0.15, 0.2) is 0 Å². The molecule has 5 rings (SSSR count). The molecule has 0 saturated carbocycles. The third-order valence-electron chi connectivity index (χ3n) is 5.51. The lowest BCUT2D eigenvalue weighted by Gasteiger charge is -2.07. The quantitative estimate of drug-likeness (QED) is 0.276. The van der Waals surface area contributed by atoms with Crippen molar-refractivity contribution in [2.24, 2.45) is 0 Å². The van der Waals surface area contributed by atoms with E-state index in [2.05, 4.69) is 122 Å². The second-order valence-corrected chi connectivity index (χ2v) is 7.49. The smallest absolute Gasteiger partial charge is 0.0541 e. The molecule has 31 heavy (non-hydrogen) atoms. The highest BCUT2D eigenvalue weighted by Gasteiger charge is 2.10. The molecule has 0 aliphatic heterocycles. The molecular weight excluding hydrogens is 374 g/mol. The summed E-state index contributed by atoms with van der Waals surface area (Å²) in [5, 5.41) is 2.62. The molecule has 0 aliphatic carbocycles. The summed E-state index contributed by atoms with van der Waals surface area (Å²) in [5.41, 5.74) is 7.88. The number of aryl methyl sites for hydroxylation is 3. The molecule has 0 bridgehead atoms. The molecule has 0 atom stereocenters. The second-order valence-electron chi connectivity index (χ2n) is 7.49. The highest BCUT2D eigenvalue weighted by Crippen LogP contribution is 2.31. The zero-order chi connectivity index (χ0) is 22.2. The minimum Gasteiger partial charge on any atom is -0.309 e. The van der Waals surface area contributed by atoms with E-state index in [1.54, 1.807) is 0 Å². The molecule has 0 saturated heterocycles. The van der Waals surface area contributed by atoms with E-state index in [0.29, 0.717) is 0 Å². The molecule has 4 aromatic carbocycles. The van der Waals surface area contributed by atoms with Crippen molar-refractivity contribution in [3.63, 3.8) is 0 Å². The van der Waals surface area contributed by atoms with Gasteiger partial charge in [-0.1, -0.05) is 99.1 Å². The molecule has 1 aromatic heterocycles. The van der Waals surface area contributed by atoms with Crippen molar-refractivity contribution in [2.45, 2.75) is 41.0 Å². The van der Waals surface area contributed by atoms with Crippen LogP contribution in [0.1, 0.15) is 37.5 Å². The zero-order valence-electron chi connectivity index (χ0n) is 19.4. The third-order valence-corrected chi connectivity index (χ3v) is 5.51. The number of para-hydroxylation sites is 2. The third kappa shape index (κ3) is 4.88. The lowest BCUT2D eigenvalue weighted by atomic mass is 10.1. The summed E-state index contributed by atoms with van der Waals surface area (Å²) in [4.78, 5) is 0. The van der Waals surface area contributed by atoms with Crippen molar-refractivity contribution in [1.82, 2.24) is 4.57 Å². The van der Waals surface area contributed by atoms with Crippen LogP contribution in [-0.2, 0) is 6.42 Å². The Bertz CT molecular complexity index is 1190. The highest BCUT2D eigenvalue weighted by molar-refractivity contribution is 6.09. The normalized spacial score (nSPS) is 10.2. The highest BCUT2D eigenvalue weighted by atomic mass is 15.0. The fraction of sp³-hybridized carbons (Fsp3) is 0.200. The van der Waals surface area contributed by atoms with E-state index in [0.717, 1.165) is 6.42 Å². The summed E-state index contributed by atoms with van der Waals surface area (Å²) in [6.07, 6.45) is 1.15. The average molecular weight is 408 g/mol. The number of fused-ring (bicyclic) bond motifs is 3. The van der Waals surface area contributed by atoms with Gasteiger partial charge in [0.2, 0.25) is 0 Å². The number of aromatic nitrogens is 1. The van der Waals surface area contributed by atoms with E-state index in [1.807, 2.05) is 13.8 Å². The predicted octanol–water partition coefficient (Wildman–Crippen LogP) is 8.68. The first-order chi connectivity index (χ1) is 15.2. The number of nitrogens with zero attached hydrogens (tertiary/aromatic N) is 1. The standard InChI is InChI=1S/C19H15N.C9H12.C2H6/c1-14-10-12-15(13-11-14)20-18-8-4-2-6-16(18)17-7-3-5-9-19(17)20;1-3-9-7-5-4-6-8(9)2;1-2/h2-13H,1H3;4-7H,3H2,1-2H3;1-2H3. The van der Waals surface area contributed by atoms with Crippen molar-refractivity contribution in [2.75, 3.05) is 0 Å². The molecule has 0 fully saturated rings. The van der Waals surface area contributed by atoms with Crippen LogP contribution in [0, 0.1) is 13.8 Å². The Labute approximate surface area is 187 Å². The van der Waals surface area contributed by atoms with Gasteiger partial charge >= 0.3 is 0 Å². The Balaban J connectivity index is 0.000000209. The van der Waals surface area contributed by atoms with Gasteiger partial charge in [0.25, 0.3) is 0 Å². The van der Waals surface area contributed by atoms with Crippen molar-refractivity contribution >= 4 is 21.8 Å². The Morgan fingerprint density at radius 2 is 1.06 bits per heavy atom. The van der Waals surface area contributed by atoms with E-state index in [-0.39, 0.29) is 0 Å². The Morgan fingerprint density at radius 1 is 0.581 bits per heavy atom. The summed E-state index contributed by atoms with van der Waals surface area (Å²) in [6, 6.07) is 34.4. The molecule has 1 heterocycles. The second kappa shape index (κ2) is 10.6. The van der Waals surface area contributed by atoms with Crippen LogP contribution in [0.15, 0.2) is 97.1 Å². The van der Waals surface area contributed by atoms with Crippen molar-refractivity contribution in [3.05, 3.63) is 114 Å². The molecule has 1 nitrogen and oxygen atoms in total. The fourth-order valence-corrected chi connectivity index (χ4v) is 3.90. The molecular formula is C30H33N. The fourth-order valence-electron chi connectivity index (χ4n) is 3.90. The number of rotatable bonds is 2. The average Bonchev–Trinajstić information content (AvgIpc) is 3.16. The van der Waals surface area contributed by atoms with Gasteiger partial charge in [0.05, 0.1) is 11.0 Å². The Kier molecular flexibility index (Phi) is 7.67. The van der Waals surface area contributed by atoms with Gasteiger partial charge in [0.1, 0.15) is 0 Å². The van der Waals surface area contributed by atoms with Gasteiger partial charge in [-0.2, -0.15) is 0 Å². The van der Waals surface area contributed by atoms with Crippen molar-refractivity contribution in [3.8, 4) is 5.69 Å². The van der Waals surface area contributed by atoms with Gasteiger partial charge in [-0.05, 0) is 55.7 Å². The molecule has 1 heteroatoms. The number of hydrogen-bond acceptors (Lipinski definition) is 0. The molecule has 0 spiro atoms. The Hall–Kier alpha value is -3.32.